The van der Waals surface area contributed by atoms with Crippen molar-refractivity contribution in [3.8, 4) is 11.6 Å². The first-order chi connectivity index (χ1) is 10.2. The van der Waals surface area contributed by atoms with Crippen molar-refractivity contribution in [3.05, 3.63) is 48.2 Å². The lowest BCUT2D eigenvalue weighted by Gasteiger charge is -2.10. The highest BCUT2D eigenvalue weighted by molar-refractivity contribution is 5.90. The number of methoxy groups -OCH3 is 1. The van der Waals surface area contributed by atoms with Gasteiger partial charge in [-0.1, -0.05) is 12.1 Å². The fourth-order valence-corrected chi connectivity index (χ4v) is 1.85. The Morgan fingerprint density at radius 3 is 2.95 bits per heavy atom. The maximum absolute atomic E-state index is 11.8. The molecule has 0 unspecified atom stereocenters. The average molecular weight is 287 g/mol. The number of carbonyl (C=O) groups is 1. The minimum atomic E-state index is -0.332. The van der Waals surface area contributed by atoms with Crippen LogP contribution in [0.3, 0.4) is 0 Å². The Labute approximate surface area is 122 Å². The van der Waals surface area contributed by atoms with Gasteiger partial charge in [0.1, 0.15) is 11.4 Å². The van der Waals surface area contributed by atoms with Gasteiger partial charge in [-0.05, 0) is 36.2 Å². The van der Waals surface area contributed by atoms with Gasteiger partial charge in [0.25, 0.3) is 0 Å². The first kappa shape index (κ1) is 14.6. The van der Waals surface area contributed by atoms with Gasteiger partial charge in [0.15, 0.2) is 0 Å². The molecule has 2 rings (SSSR count). The molecule has 0 radical (unpaired) electrons. The summed E-state index contributed by atoms with van der Waals surface area (Å²) in [7, 11) is 1.49. The Morgan fingerprint density at radius 2 is 2.19 bits per heavy atom. The topological polar surface area (TPSA) is 83.5 Å². The summed E-state index contributed by atoms with van der Waals surface area (Å²) in [5.41, 5.74) is 1.46. The zero-order valence-corrected chi connectivity index (χ0v) is 11.7. The Hall–Kier alpha value is -2.76. The van der Waals surface area contributed by atoms with E-state index < -0.39 is 0 Å². The highest BCUT2D eigenvalue weighted by atomic mass is 16.5. The van der Waals surface area contributed by atoms with Gasteiger partial charge in [-0.25, -0.2) is 9.78 Å². The molecular formula is C15H17N3O3. The molecule has 0 fully saturated rings. The molecule has 21 heavy (non-hydrogen) atoms. The Balaban J connectivity index is 1.82. The van der Waals surface area contributed by atoms with Gasteiger partial charge >= 0.3 is 6.03 Å². The number of urea groups is 1. The highest BCUT2D eigenvalue weighted by Crippen LogP contribution is 2.19. The van der Waals surface area contributed by atoms with Crippen molar-refractivity contribution in [2.24, 2.45) is 0 Å². The van der Waals surface area contributed by atoms with Crippen LogP contribution in [0.5, 0.6) is 11.6 Å². The number of nitrogens with zero attached hydrogens (tertiary/aromatic N) is 1. The van der Waals surface area contributed by atoms with Crippen molar-refractivity contribution in [2.75, 3.05) is 19.0 Å². The number of hydrogen-bond donors (Lipinski definition) is 3. The number of carbonyl (C=O) groups excluding carboxylic acids is 1. The molecule has 0 aliphatic heterocycles. The molecule has 0 atom stereocenters. The summed E-state index contributed by atoms with van der Waals surface area (Å²) in [4.78, 5) is 15.8. The summed E-state index contributed by atoms with van der Waals surface area (Å²) in [5, 5.41) is 14.8. The van der Waals surface area contributed by atoms with Crippen LogP contribution in [0, 0.1) is 0 Å². The highest BCUT2D eigenvalue weighted by Gasteiger charge is 2.07. The number of amides is 2. The SMILES string of the molecule is COc1ncccc1NC(=O)NCCc1cccc(O)c1. The second-order valence-corrected chi connectivity index (χ2v) is 4.36. The van der Waals surface area contributed by atoms with Crippen LogP contribution in [-0.4, -0.2) is 29.8 Å². The quantitative estimate of drug-likeness (QED) is 0.787. The summed E-state index contributed by atoms with van der Waals surface area (Å²) in [6.07, 6.45) is 2.22. The zero-order valence-electron chi connectivity index (χ0n) is 11.7. The van der Waals surface area contributed by atoms with E-state index in [4.69, 9.17) is 4.74 Å². The second-order valence-electron chi connectivity index (χ2n) is 4.36. The predicted molar refractivity (Wildman–Crippen MR) is 79.6 cm³/mol. The van der Waals surface area contributed by atoms with Crippen LogP contribution < -0.4 is 15.4 Å². The molecular weight excluding hydrogens is 270 g/mol. The van der Waals surface area contributed by atoms with Crippen LogP contribution in [0.25, 0.3) is 0 Å². The number of benzene rings is 1. The number of phenols is 1. The smallest absolute Gasteiger partial charge is 0.319 e. The lowest BCUT2D eigenvalue weighted by atomic mass is 10.1. The van der Waals surface area contributed by atoms with Crippen molar-refractivity contribution < 1.29 is 14.6 Å². The Bertz CT molecular complexity index is 617. The molecule has 2 aromatic rings. The van der Waals surface area contributed by atoms with Crippen LogP contribution in [0.15, 0.2) is 42.6 Å². The lowest BCUT2D eigenvalue weighted by Crippen LogP contribution is -2.30. The van der Waals surface area contributed by atoms with Gasteiger partial charge in [0, 0.05) is 12.7 Å². The molecule has 0 spiro atoms. The van der Waals surface area contributed by atoms with Crippen LogP contribution in [-0.2, 0) is 6.42 Å². The molecule has 0 aliphatic rings. The summed E-state index contributed by atoms with van der Waals surface area (Å²) < 4.78 is 5.05. The molecule has 6 heteroatoms. The number of pyridine rings is 1. The van der Waals surface area contributed by atoms with Gasteiger partial charge in [-0.2, -0.15) is 0 Å². The molecule has 1 aromatic heterocycles. The van der Waals surface area contributed by atoms with Crippen molar-refractivity contribution in [1.82, 2.24) is 10.3 Å². The fraction of sp³-hybridized carbons (Fsp3) is 0.200. The van der Waals surface area contributed by atoms with Crippen LogP contribution >= 0.6 is 0 Å². The third-order valence-electron chi connectivity index (χ3n) is 2.82. The minimum absolute atomic E-state index is 0.219. The third-order valence-corrected chi connectivity index (χ3v) is 2.82. The predicted octanol–water partition coefficient (Wildman–Crippen LogP) is 2.16. The van der Waals surface area contributed by atoms with E-state index >= 15 is 0 Å². The monoisotopic (exact) mass is 287 g/mol. The number of aromatic hydroxyl groups is 1. The number of rotatable bonds is 5. The fourth-order valence-electron chi connectivity index (χ4n) is 1.85. The molecule has 1 aromatic carbocycles. The number of phenolic OH excluding ortho intramolecular Hbond substituents is 1. The Morgan fingerprint density at radius 1 is 1.33 bits per heavy atom. The van der Waals surface area contributed by atoms with E-state index in [-0.39, 0.29) is 11.8 Å². The third kappa shape index (κ3) is 4.38. The first-order valence-corrected chi connectivity index (χ1v) is 6.51. The Kier molecular flexibility index (Phi) is 4.98. The van der Waals surface area contributed by atoms with E-state index in [0.717, 1.165) is 5.56 Å². The molecule has 6 nitrogen and oxygen atoms in total. The molecule has 1 heterocycles. The average Bonchev–Trinajstić information content (AvgIpc) is 2.48. The summed E-state index contributed by atoms with van der Waals surface area (Å²) in [6.45, 7) is 0.456. The van der Waals surface area contributed by atoms with E-state index in [1.165, 1.54) is 7.11 Å². The van der Waals surface area contributed by atoms with Gasteiger partial charge in [-0.15, -0.1) is 0 Å². The van der Waals surface area contributed by atoms with E-state index in [9.17, 15) is 9.90 Å². The standard InChI is InChI=1S/C15H17N3O3/c1-21-14-13(6-3-8-16-14)18-15(20)17-9-7-11-4-2-5-12(19)10-11/h2-6,8,10,19H,7,9H2,1H3,(H2,17,18,20). The summed E-state index contributed by atoms with van der Waals surface area (Å²) in [5.74, 6) is 0.581. The van der Waals surface area contributed by atoms with Crippen molar-refractivity contribution >= 4 is 11.7 Å². The number of hydrogen-bond acceptors (Lipinski definition) is 4. The van der Waals surface area contributed by atoms with E-state index in [1.807, 2.05) is 6.07 Å². The second kappa shape index (κ2) is 7.14. The molecule has 0 bridgehead atoms. The van der Waals surface area contributed by atoms with Crippen molar-refractivity contribution in [3.63, 3.8) is 0 Å². The minimum Gasteiger partial charge on any atom is -0.508 e. The van der Waals surface area contributed by atoms with Gasteiger partial charge < -0.3 is 20.5 Å². The number of ether oxygens (including phenoxy) is 1. The van der Waals surface area contributed by atoms with Crippen LogP contribution in [0.2, 0.25) is 0 Å². The van der Waals surface area contributed by atoms with Crippen molar-refractivity contribution in [2.45, 2.75) is 6.42 Å². The summed E-state index contributed by atoms with van der Waals surface area (Å²) in [6, 6.07) is 10.0. The van der Waals surface area contributed by atoms with E-state index in [0.29, 0.717) is 24.5 Å². The summed E-state index contributed by atoms with van der Waals surface area (Å²) >= 11 is 0. The molecule has 0 saturated heterocycles. The largest absolute Gasteiger partial charge is 0.508 e. The molecule has 3 N–H and O–H groups in total. The normalized spacial score (nSPS) is 9.95. The molecule has 2 amide bonds. The molecule has 0 saturated carbocycles. The van der Waals surface area contributed by atoms with Gasteiger partial charge in [-0.3, -0.25) is 0 Å². The van der Waals surface area contributed by atoms with Crippen molar-refractivity contribution in [1.29, 1.82) is 0 Å². The maximum atomic E-state index is 11.8. The molecule has 110 valence electrons. The number of nitrogens with one attached hydrogen (secondary N) is 2. The number of anilines is 1. The first-order valence-electron chi connectivity index (χ1n) is 6.51. The number of aromatic nitrogens is 1. The van der Waals surface area contributed by atoms with E-state index in [2.05, 4.69) is 15.6 Å². The van der Waals surface area contributed by atoms with E-state index in [1.54, 1.807) is 36.5 Å². The van der Waals surface area contributed by atoms with Gasteiger partial charge in [0.05, 0.1) is 7.11 Å². The van der Waals surface area contributed by atoms with Crippen LogP contribution in [0.1, 0.15) is 5.56 Å². The van der Waals surface area contributed by atoms with Gasteiger partial charge in [0.2, 0.25) is 5.88 Å². The maximum Gasteiger partial charge on any atom is 0.319 e. The zero-order chi connectivity index (χ0) is 15.1. The van der Waals surface area contributed by atoms with Crippen LogP contribution in [0.4, 0.5) is 10.5 Å². The lowest BCUT2D eigenvalue weighted by molar-refractivity contribution is 0.252. The molecule has 0 aliphatic carbocycles.